The van der Waals surface area contributed by atoms with Crippen molar-refractivity contribution in [2.45, 2.75) is 11.8 Å². The van der Waals surface area contributed by atoms with Crippen molar-refractivity contribution in [3.05, 3.63) is 88.9 Å². The van der Waals surface area contributed by atoms with E-state index in [1.165, 1.54) is 30.5 Å². The molecule has 31 heavy (non-hydrogen) atoms. The molecule has 3 aromatic rings. The molecule has 3 rings (SSSR count). The highest BCUT2D eigenvalue weighted by Crippen LogP contribution is 2.19. The molecule has 0 aliphatic heterocycles. The smallest absolute Gasteiger partial charge is 0.339 e. The SMILES string of the molecule is Cc1ccc(S(=O)(=O)Oc2ccc(/C=N\NC(=O)COc3ccc(Cl)cc3)cc2)cc1. The number of rotatable bonds is 8. The fraction of sp³-hybridized carbons (Fsp3) is 0.0909. The lowest BCUT2D eigenvalue weighted by Gasteiger charge is -2.07. The van der Waals surface area contributed by atoms with E-state index in [2.05, 4.69) is 10.5 Å². The highest BCUT2D eigenvalue weighted by molar-refractivity contribution is 7.87. The van der Waals surface area contributed by atoms with Gasteiger partial charge < -0.3 is 8.92 Å². The van der Waals surface area contributed by atoms with Crippen LogP contribution in [-0.4, -0.2) is 27.1 Å². The molecule has 0 atom stereocenters. The standard InChI is InChI=1S/C22H19ClN2O5S/c1-16-2-12-21(13-3-16)31(27,28)30-20-8-4-17(5-9-20)14-24-25-22(26)15-29-19-10-6-18(23)7-11-19/h2-14H,15H2,1H3,(H,25,26)/b24-14-. The van der Waals surface area contributed by atoms with Crippen LogP contribution in [0.1, 0.15) is 11.1 Å². The van der Waals surface area contributed by atoms with Gasteiger partial charge in [-0.1, -0.05) is 29.3 Å². The van der Waals surface area contributed by atoms with Gasteiger partial charge in [0, 0.05) is 5.02 Å². The van der Waals surface area contributed by atoms with Crippen LogP contribution >= 0.6 is 11.6 Å². The quantitative estimate of drug-likeness (QED) is 0.313. The van der Waals surface area contributed by atoms with Crippen LogP contribution in [0.5, 0.6) is 11.5 Å². The molecule has 7 nitrogen and oxygen atoms in total. The van der Waals surface area contributed by atoms with Gasteiger partial charge in [-0.2, -0.15) is 13.5 Å². The minimum absolute atomic E-state index is 0.0762. The predicted molar refractivity (Wildman–Crippen MR) is 118 cm³/mol. The number of hydrogen-bond donors (Lipinski definition) is 1. The first-order valence-electron chi connectivity index (χ1n) is 9.13. The van der Waals surface area contributed by atoms with Crippen molar-refractivity contribution in [2.24, 2.45) is 5.10 Å². The monoisotopic (exact) mass is 458 g/mol. The molecule has 0 saturated heterocycles. The van der Waals surface area contributed by atoms with Crippen molar-refractivity contribution in [2.75, 3.05) is 6.61 Å². The Labute approximate surface area is 185 Å². The van der Waals surface area contributed by atoms with Crippen LogP contribution < -0.4 is 14.3 Å². The van der Waals surface area contributed by atoms with E-state index in [9.17, 15) is 13.2 Å². The van der Waals surface area contributed by atoms with Gasteiger partial charge in [-0.05, 0) is 73.2 Å². The van der Waals surface area contributed by atoms with Gasteiger partial charge in [0.1, 0.15) is 16.4 Å². The average Bonchev–Trinajstić information content (AvgIpc) is 2.75. The van der Waals surface area contributed by atoms with Crippen molar-refractivity contribution in [3.63, 3.8) is 0 Å². The van der Waals surface area contributed by atoms with Gasteiger partial charge in [0.05, 0.1) is 6.21 Å². The minimum atomic E-state index is -3.91. The van der Waals surface area contributed by atoms with Crippen molar-refractivity contribution >= 4 is 33.8 Å². The van der Waals surface area contributed by atoms with Gasteiger partial charge in [0.15, 0.2) is 6.61 Å². The molecule has 0 radical (unpaired) electrons. The van der Waals surface area contributed by atoms with Crippen LogP contribution in [0, 0.1) is 6.92 Å². The van der Waals surface area contributed by atoms with E-state index in [0.29, 0.717) is 16.3 Å². The number of nitrogens with one attached hydrogen (secondary N) is 1. The molecule has 0 aliphatic carbocycles. The summed E-state index contributed by atoms with van der Waals surface area (Å²) >= 11 is 5.78. The number of hydrogen-bond acceptors (Lipinski definition) is 6. The van der Waals surface area contributed by atoms with Crippen molar-refractivity contribution < 1.29 is 22.1 Å². The lowest BCUT2D eigenvalue weighted by atomic mass is 10.2. The Bertz CT molecular complexity index is 1160. The zero-order valence-corrected chi connectivity index (χ0v) is 18.1. The number of aryl methyl sites for hydroxylation is 1. The molecule has 0 heterocycles. The number of halogens is 1. The first kappa shape index (κ1) is 22.3. The Morgan fingerprint density at radius 2 is 1.58 bits per heavy atom. The van der Waals surface area contributed by atoms with Crippen LogP contribution in [0.15, 0.2) is 82.8 Å². The van der Waals surface area contributed by atoms with E-state index in [1.807, 2.05) is 6.92 Å². The molecule has 0 aliphatic rings. The largest absolute Gasteiger partial charge is 0.484 e. The summed E-state index contributed by atoms with van der Waals surface area (Å²) in [5.41, 5.74) is 3.93. The Morgan fingerprint density at radius 3 is 2.23 bits per heavy atom. The number of ether oxygens (including phenoxy) is 1. The Morgan fingerprint density at radius 1 is 0.968 bits per heavy atom. The van der Waals surface area contributed by atoms with Crippen LogP contribution in [0.2, 0.25) is 5.02 Å². The first-order chi connectivity index (χ1) is 14.8. The van der Waals surface area contributed by atoms with E-state index < -0.39 is 16.0 Å². The summed E-state index contributed by atoms with van der Waals surface area (Å²) < 4.78 is 35.1. The van der Waals surface area contributed by atoms with E-state index in [1.54, 1.807) is 48.5 Å². The third-order valence-electron chi connectivity index (χ3n) is 3.98. The molecule has 0 bridgehead atoms. The second-order valence-corrected chi connectivity index (χ2v) is 8.44. The van der Waals surface area contributed by atoms with Gasteiger partial charge in [0.25, 0.3) is 5.91 Å². The van der Waals surface area contributed by atoms with Crippen LogP contribution in [0.4, 0.5) is 0 Å². The molecule has 9 heteroatoms. The fourth-order valence-corrected chi connectivity index (χ4v) is 3.44. The number of benzene rings is 3. The van der Waals surface area contributed by atoms with Crippen LogP contribution in [0.25, 0.3) is 0 Å². The molecule has 0 aromatic heterocycles. The minimum Gasteiger partial charge on any atom is -0.484 e. The van der Waals surface area contributed by atoms with E-state index >= 15 is 0 Å². The molecule has 1 N–H and O–H groups in total. The van der Waals surface area contributed by atoms with Gasteiger partial charge in [0.2, 0.25) is 0 Å². The molecule has 3 aromatic carbocycles. The average molecular weight is 459 g/mol. The summed E-state index contributed by atoms with van der Waals surface area (Å²) in [5, 5.41) is 4.42. The topological polar surface area (TPSA) is 94.1 Å². The molecule has 1 amide bonds. The molecular formula is C22H19ClN2O5S. The van der Waals surface area contributed by atoms with E-state index in [0.717, 1.165) is 5.56 Å². The van der Waals surface area contributed by atoms with Gasteiger partial charge in [-0.15, -0.1) is 0 Å². The van der Waals surface area contributed by atoms with Gasteiger partial charge >= 0.3 is 10.1 Å². The zero-order chi connectivity index (χ0) is 22.3. The molecule has 0 saturated carbocycles. The second-order valence-electron chi connectivity index (χ2n) is 6.46. The summed E-state index contributed by atoms with van der Waals surface area (Å²) in [7, 11) is -3.91. The van der Waals surface area contributed by atoms with Crippen molar-refractivity contribution in [3.8, 4) is 11.5 Å². The summed E-state index contributed by atoms with van der Waals surface area (Å²) in [6.45, 7) is 1.66. The third kappa shape index (κ3) is 6.84. The Kier molecular flexibility index (Phi) is 7.28. The Balaban J connectivity index is 1.50. The first-order valence-corrected chi connectivity index (χ1v) is 10.9. The molecular weight excluding hydrogens is 440 g/mol. The maximum atomic E-state index is 12.3. The summed E-state index contributed by atoms with van der Waals surface area (Å²) in [4.78, 5) is 11.9. The number of hydrazone groups is 1. The van der Waals surface area contributed by atoms with Crippen molar-refractivity contribution in [1.82, 2.24) is 5.43 Å². The Hall–Kier alpha value is -3.36. The number of carbonyl (C=O) groups is 1. The molecule has 0 fully saturated rings. The maximum absolute atomic E-state index is 12.3. The van der Waals surface area contributed by atoms with Gasteiger partial charge in [-0.3, -0.25) is 4.79 Å². The van der Waals surface area contributed by atoms with Crippen LogP contribution in [0.3, 0.4) is 0 Å². The number of nitrogens with zero attached hydrogens (tertiary/aromatic N) is 1. The number of carbonyl (C=O) groups excluding carboxylic acids is 1. The molecule has 0 spiro atoms. The lowest BCUT2D eigenvalue weighted by molar-refractivity contribution is -0.123. The van der Waals surface area contributed by atoms with E-state index in [-0.39, 0.29) is 17.3 Å². The van der Waals surface area contributed by atoms with E-state index in [4.69, 9.17) is 20.5 Å². The fourth-order valence-electron chi connectivity index (χ4n) is 2.38. The van der Waals surface area contributed by atoms with Gasteiger partial charge in [-0.25, -0.2) is 5.43 Å². The number of amides is 1. The third-order valence-corrected chi connectivity index (χ3v) is 5.50. The molecule has 160 valence electrons. The highest BCUT2D eigenvalue weighted by Gasteiger charge is 2.16. The van der Waals surface area contributed by atoms with Crippen molar-refractivity contribution in [1.29, 1.82) is 0 Å². The second kappa shape index (κ2) is 10.1. The summed E-state index contributed by atoms with van der Waals surface area (Å²) in [5.74, 6) is 0.244. The maximum Gasteiger partial charge on any atom is 0.339 e. The zero-order valence-electron chi connectivity index (χ0n) is 16.5. The highest BCUT2D eigenvalue weighted by atomic mass is 35.5. The lowest BCUT2D eigenvalue weighted by Crippen LogP contribution is -2.24. The summed E-state index contributed by atoms with van der Waals surface area (Å²) in [6, 6.07) is 19.2. The normalized spacial score (nSPS) is 11.3. The summed E-state index contributed by atoms with van der Waals surface area (Å²) in [6.07, 6.45) is 1.42. The predicted octanol–water partition coefficient (Wildman–Crippen LogP) is 3.95. The molecule has 0 unspecified atom stereocenters. The van der Waals surface area contributed by atoms with Crippen LogP contribution in [-0.2, 0) is 14.9 Å².